The normalized spacial score (nSPS) is 9.83. The van der Waals surface area contributed by atoms with Crippen LogP contribution in [0, 0.1) is 11.8 Å². The molecule has 0 amide bonds. The van der Waals surface area contributed by atoms with Gasteiger partial charge < -0.3 is 0 Å². The van der Waals surface area contributed by atoms with E-state index in [2.05, 4.69) is 30.9 Å². The highest BCUT2D eigenvalue weighted by molar-refractivity contribution is 5.02. The molecule has 0 aliphatic heterocycles. The van der Waals surface area contributed by atoms with E-state index in [9.17, 15) is 0 Å². The molecule has 0 unspecified atom stereocenters. The first kappa shape index (κ1) is 11.3. The molecule has 0 bridgehead atoms. The Balaban J connectivity index is 3.06. The van der Waals surface area contributed by atoms with Gasteiger partial charge in [-0.25, -0.2) is 0 Å². The van der Waals surface area contributed by atoms with E-state index in [4.69, 9.17) is 0 Å². The van der Waals surface area contributed by atoms with Crippen molar-refractivity contribution in [2.24, 2.45) is 0 Å². The molecular formula is C12H20. The highest BCUT2D eigenvalue weighted by atomic mass is 13.9. The first-order valence-electron chi connectivity index (χ1n) is 4.96. The molecule has 0 atom stereocenters. The third-order valence-corrected chi connectivity index (χ3v) is 1.79. The summed E-state index contributed by atoms with van der Waals surface area (Å²) < 4.78 is 0. The molecule has 0 saturated heterocycles. The fourth-order valence-electron chi connectivity index (χ4n) is 1.05. The zero-order valence-corrected chi connectivity index (χ0v) is 8.40. The van der Waals surface area contributed by atoms with Crippen molar-refractivity contribution in [2.75, 3.05) is 0 Å². The van der Waals surface area contributed by atoms with Crippen LogP contribution in [0.1, 0.15) is 52.4 Å². The Hall–Kier alpha value is -0.700. The van der Waals surface area contributed by atoms with Crippen molar-refractivity contribution in [3.63, 3.8) is 0 Å². The molecule has 0 saturated carbocycles. The van der Waals surface area contributed by atoms with E-state index in [-0.39, 0.29) is 0 Å². The third-order valence-electron chi connectivity index (χ3n) is 1.79. The molecule has 12 heavy (non-hydrogen) atoms. The number of rotatable bonds is 6. The van der Waals surface area contributed by atoms with Gasteiger partial charge in [0.1, 0.15) is 0 Å². The Morgan fingerprint density at radius 2 is 1.92 bits per heavy atom. The van der Waals surface area contributed by atoms with Crippen molar-refractivity contribution in [1.29, 1.82) is 0 Å². The SMILES string of the molecule is CC#CC/C=C/CCCCCC. The molecule has 68 valence electrons. The van der Waals surface area contributed by atoms with Crippen molar-refractivity contribution in [3.05, 3.63) is 12.2 Å². The summed E-state index contributed by atoms with van der Waals surface area (Å²) in [4.78, 5) is 0. The van der Waals surface area contributed by atoms with E-state index in [0.717, 1.165) is 6.42 Å². The van der Waals surface area contributed by atoms with Crippen molar-refractivity contribution < 1.29 is 0 Å². The lowest BCUT2D eigenvalue weighted by Gasteiger charge is -1.93. The minimum absolute atomic E-state index is 0.921. The minimum Gasteiger partial charge on any atom is -0.106 e. The van der Waals surface area contributed by atoms with Gasteiger partial charge in [0.2, 0.25) is 0 Å². The van der Waals surface area contributed by atoms with Crippen LogP contribution in [0.3, 0.4) is 0 Å². The summed E-state index contributed by atoms with van der Waals surface area (Å²) in [5, 5.41) is 0. The van der Waals surface area contributed by atoms with Crippen LogP contribution >= 0.6 is 0 Å². The van der Waals surface area contributed by atoms with Gasteiger partial charge in [-0.3, -0.25) is 0 Å². The topological polar surface area (TPSA) is 0 Å². The quantitative estimate of drug-likeness (QED) is 0.317. The highest BCUT2D eigenvalue weighted by Gasteiger charge is 1.83. The second-order valence-electron chi connectivity index (χ2n) is 2.95. The molecule has 0 fully saturated rings. The summed E-state index contributed by atoms with van der Waals surface area (Å²) in [6.07, 6.45) is 12.0. The number of hydrogen-bond donors (Lipinski definition) is 0. The second-order valence-corrected chi connectivity index (χ2v) is 2.95. The van der Waals surface area contributed by atoms with Crippen LogP contribution in [-0.2, 0) is 0 Å². The third kappa shape index (κ3) is 9.30. The maximum absolute atomic E-state index is 3.01. The van der Waals surface area contributed by atoms with Crippen LogP contribution in [0.5, 0.6) is 0 Å². The second kappa shape index (κ2) is 10.3. The Kier molecular flexibility index (Phi) is 9.70. The molecule has 0 aromatic carbocycles. The lowest BCUT2D eigenvalue weighted by molar-refractivity contribution is 0.674. The summed E-state index contributed by atoms with van der Waals surface area (Å²) in [5.41, 5.74) is 0. The van der Waals surface area contributed by atoms with Gasteiger partial charge in [-0.05, 0) is 19.8 Å². The van der Waals surface area contributed by atoms with Crippen LogP contribution in [0.15, 0.2) is 12.2 Å². The fraction of sp³-hybridized carbons (Fsp3) is 0.667. The maximum atomic E-state index is 3.01. The van der Waals surface area contributed by atoms with Crippen molar-refractivity contribution in [2.45, 2.75) is 52.4 Å². The number of allylic oxidation sites excluding steroid dienone is 2. The average Bonchev–Trinajstić information content (AvgIpc) is 2.10. The largest absolute Gasteiger partial charge is 0.106 e. The zero-order chi connectivity index (χ0) is 9.07. The standard InChI is InChI=1S/C12H20/c1-3-5-7-9-11-12-10-8-6-4-2/h10,12H,3,5,7-9,11H2,1-2H3/b12-10+. The molecule has 0 rings (SSSR count). The predicted octanol–water partition coefficient (Wildman–Crippen LogP) is 3.93. The fourth-order valence-corrected chi connectivity index (χ4v) is 1.05. The molecule has 0 N–H and O–H groups in total. The van der Waals surface area contributed by atoms with E-state index in [1.807, 2.05) is 6.92 Å². The highest BCUT2D eigenvalue weighted by Crippen LogP contribution is 2.02. The monoisotopic (exact) mass is 164 g/mol. The van der Waals surface area contributed by atoms with Gasteiger partial charge >= 0.3 is 0 Å². The first-order valence-corrected chi connectivity index (χ1v) is 4.96. The number of hydrogen-bond acceptors (Lipinski definition) is 0. The zero-order valence-electron chi connectivity index (χ0n) is 8.40. The van der Waals surface area contributed by atoms with E-state index in [0.29, 0.717) is 0 Å². The summed E-state index contributed by atoms with van der Waals surface area (Å²) in [5.74, 6) is 5.89. The Morgan fingerprint density at radius 1 is 1.08 bits per heavy atom. The number of unbranched alkanes of at least 4 members (excludes halogenated alkanes) is 4. The molecule has 0 aliphatic carbocycles. The smallest absolute Gasteiger partial charge is 0.0269 e. The van der Waals surface area contributed by atoms with E-state index in [1.54, 1.807) is 0 Å². The van der Waals surface area contributed by atoms with Crippen LogP contribution in [0.25, 0.3) is 0 Å². The summed E-state index contributed by atoms with van der Waals surface area (Å²) in [6.45, 7) is 4.13. The van der Waals surface area contributed by atoms with Crippen LogP contribution in [0.4, 0.5) is 0 Å². The maximum Gasteiger partial charge on any atom is 0.0269 e. The van der Waals surface area contributed by atoms with Crippen molar-refractivity contribution in [3.8, 4) is 11.8 Å². The van der Waals surface area contributed by atoms with E-state index in [1.165, 1.54) is 32.1 Å². The lowest BCUT2D eigenvalue weighted by Crippen LogP contribution is -1.73. The average molecular weight is 164 g/mol. The van der Waals surface area contributed by atoms with Gasteiger partial charge in [0.15, 0.2) is 0 Å². The van der Waals surface area contributed by atoms with E-state index < -0.39 is 0 Å². The van der Waals surface area contributed by atoms with Crippen LogP contribution in [0.2, 0.25) is 0 Å². The molecule has 0 heteroatoms. The summed E-state index contributed by atoms with van der Waals surface area (Å²) in [7, 11) is 0. The Labute approximate surface area is 77.1 Å². The molecule has 0 heterocycles. The molecule has 0 aliphatic rings. The van der Waals surface area contributed by atoms with Gasteiger partial charge in [-0.2, -0.15) is 0 Å². The molecular weight excluding hydrogens is 144 g/mol. The summed E-state index contributed by atoms with van der Waals surface area (Å²) >= 11 is 0. The minimum atomic E-state index is 0.921. The van der Waals surface area contributed by atoms with Gasteiger partial charge in [-0.1, -0.05) is 44.3 Å². The first-order chi connectivity index (χ1) is 5.91. The van der Waals surface area contributed by atoms with Crippen molar-refractivity contribution >= 4 is 0 Å². The van der Waals surface area contributed by atoms with Gasteiger partial charge in [0.05, 0.1) is 0 Å². The van der Waals surface area contributed by atoms with Crippen LogP contribution in [-0.4, -0.2) is 0 Å². The van der Waals surface area contributed by atoms with Gasteiger partial charge in [0.25, 0.3) is 0 Å². The molecule has 0 radical (unpaired) electrons. The van der Waals surface area contributed by atoms with Crippen LogP contribution < -0.4 is 0 Å². The predicted molar refractivity (Wildman–Crippen MR) is 56.0 cm³/mol. The van der Waals surface area contributed by atoms with Crippen molar-refractivity contribution in [1.82, 2.24) is 0 Å². The Morgan fingerprint density at radius 3 is 2.58 bits per heavy atom. The van der Waals surface area contributed by atoms with Gasteiger partial charge in [-0.15, -0.1) is 5.92 Å². The summed E-state index contributed by atoms with van der Waals surface area (Å²) in [6, 6.07) is 0. The van der Waals surface area contributed by atoms with Gasteiger partial charge in [0, 0.05) is 6.42 Å². The lowest BCUT2D eigenvalue weighted by atomic mass is 10.1. The molecule has 0 spiro atoms. The Bertz CT molecular complexity index is 155. The van der Waals surface area contributed by atoms with E-state index >= 15 is 0 Å². The molecule has 0 nitrogen and oxygen atoms in total. The molecule has 0 aromatic heterocycles. The molecule has 0 aromatic rings.